The van der Waals surface area contributed by atoms with Gasteiger partial charge in [-0.25, -0.2) is 4.39 Å². The number of halogens is 2. The predicted molar refractivity (Wildman–Crippen MR) is 78.0 cm³/mol. The van der Waals surface area contributed by atoms with Gasteiger partial charge < -0.3 is 5.73 Å². The van der Waals surface area contributed by atoms with Crippen molar-refractivity contribution in [3.63, 3.8) is 0 Å². The van der Waals surface area contributed by atoms with E-state index in [1.54, 1.807) is 12.1 Å². The largest absolute Gasteiger partial charge is 0.324 e. The standard InChI is InChI=1S/C16H17ClFN/c1-10-5-11(2)7-13(6-10)16(19)8-12-3-4-14(17)9-15(12)18/h3-7,9,16H,8,19H2,1-2H3. The number of rotatable bonds is 3. The Balaban J connectivity index is 2.22. The maximum Gasteiger partial charge on any atom is 0.127 e. The van der Waals surface area contributed by atoms with Gasteiger partial charge in [0.1, 0.15) is 5.82 Å². The lowest BCUT2D eigenvalue weighted by Gasteiger charge is -2.14. The van der Waals surface area contributed by atoms with Crippen LogP contribution >= 0.6 is 11.6 Å². The van der Waals surface area contributed by atoms with Crippen molar-refractivity contribution in [2.75, 3.05) is 0 Å². The van der Waals surface area contributed by atoms with E-state index in [1.807, 2.05) is 26.0 Å². The molecule has 19 heavy (non-hydrogen) atoms. The summed E-state index contributed by atoms with van der Waals surface area (Å²) in [6.45, 7) is 4.07. The second kappa shape index (κ2) is 5.72. The van der Waals surface area contributed by atoms with Crippen LogP contribution in [-0.2, 0) is 6.42 Å². The topological polar surface area (TPSA) is 26.0 Å². The fraction of sp³-hybridized carbons (Fsp3) is 0.250. The van der Waals surface area contributed by atoms with E-state index in [9.17, 15) is 4.39 Å². The highest BCUT2D eigenvalue weighted by atomic mass is 35.5. The predicted octanol–water partition coefficient (Wildman–Crippen LogP) is 4.34. The quantitative estimate of drug-likeness (QED) is 0.887. The fourth-order valence-electron chi connectivity index (χ4n) is 2.27. The van der Waals surface area contributed by atoms with E-state index in [0.29, 0.717) is 17.0 Å². The lowest BCUT2D eigenvalue weighted by atomic mass is 9.96. The molecule has 0 saturated carbocycles. The molecule has 0 radical (unpaired) electrons. The van der Waals surface area contributed by atoms with Crippen molar-refractivity contribution in [1.82, 2.24) is 0 Å². The zero-order chi connectivity index (χ0) is 14.0. The normalized spacial score (nSPS) is 12.5. The molecule has 3 heteroatoms. The number of nitrogens with two attached hydrogens (primary N) is 1. The monoisotopic (exact) mass is 277 g/mol. The summed E-state index contributed by atoms with van der Waals surface area (Å²) >= 11 is 5.74. The van der Waals surface area contributed by atoms with Crippen LogP contribution in [0.15, 0.2) is 36.4 Å². The Bertz CT molecular complexity index is 575. The van der Waals surface area contributed by atoms with Gasteiger partial charge in [-0.3, -0.25) is 0 Å². The van der Waals surface area contributed by atoms with Crippen LogP contribution in [0, 0.1) is 19.7 Å². The van der Waals surface area contributed by atoms with Crippen LogP contribution in [0.25, 0.3) is 0 Å². The zero-order valence-electron chi connectivity index (χ0n) is 11.1. The highest BCUT2D eigenvalue weighted by molar-refractivity contribution is 6.30. The molecule has 0 saturated heterocycles. The molecule has 100 valence electrons. The first kappa shape index (κ1) is 14.0. The van der Waals surface area contributed by atoms with Crippen molar-refractivity contribution in [2.24, 2.45) is 5.73 Å². The molecule has 0 fully saturated rings. The Morgan fingerprint density at radius 2 is 1.74 bits per heavy atom. The van der Waals surface area contributed by atoms with E-state index in [0.717, 1.165) is 5.56 Å². The number of aryl methyl sites for hydroxylation is 2. The lowest BCUT2D eigenvalue weighted by molar-refractivity contribution is 0.593. The summed E-state index contributed by atoms with van der Waals surface area (Å²) in [6.07, 6.45) is 0.464. The molecule has 1 atom stereocenters. The third-order valence-corrected chi connectivity index (χ3v) is 3.36. The van der Waals surface area contributed by atoms with Gasteiger partial charge in [-0.2, -0.15) is 0 Å². The summed E-state index contributed by atoms with van der Waals surface area (Å²) in [5.41, 5.74) is 10.1. The zero-order valence-corrected chi connectivity index (χ0v) is 11.8. The van der Waals surface area contributed by atoms with Crippen molar-refractivity contribution in [3.8, 4) is 0 Å². The maximum absolute atomic E-state index is 13.7. The van der Waals surface area contributed by atoms with Crippen LogP contribution in [0.2, 0.25) is 5.02 Å². The molecule has 1 nitrogen and oxygen atoms in total. The second-order valence-corrected chi connectivity index (χ2v) is 5.40. The molecule has 0 aliphatic carbocycles. The molecule has 1 unspecified atom stereocenters. The molecule has 0 bridgehead atoms. The molecular formula is C16H17ClFN. The molecule has 2 aromatic carbocycles. The lowest BCUT2D eigenvalue weighted by Crippen LogP contribution is -2.14. The van der Waals surface area contributed by atoms with Gasteiger partial charge in [0.2, 0.25) is 0 Å². The Kier molecular flexibility index (Phi) is 4.23. The average Bonchev–Trinajstić information content (AvgIpc) is 2.31. The molecule has 0 aliphatic rings. The van der Waals surface area contributed by atoms with Crippen LogP contribution < -0.4 is 5.73 Å². The van der Waals surface area contributed by atoms with Crippen molar-refractivity contribution in [2.45, 2.75) is 26.3 Å². The second-order valence-electron chi connectivity index (χ2n) is 4.97. The summed E-state index contributed by atoms with van der Waals surface area (Å²) in [7, 11) is 0. The van der Waals surface area contributed by atoms with Crippen molar-refractivity contribution in [1.29, 1.82) is 0 Å². The fourth-order valence-corrected chi connectivity index (χ4v) is 2.42. The van der Waals surface area contributed by atoms with Gasteiger partial charge in [0, 0.05) is 11.1 Å². The minimum Gasteiger partial charge on any atom is -0.324 e. The van der Waals surface area contributed by atoms with E-state index in [4.69, 9.17) is 17.3 Å². The van der Waals surface area contributed by atoms with Crippen molar-refractivity contribution >= 4 is 11.6 Å². The van der Waals surface area contributed by atoms with E-state index in [2.05, 4.69) is 6.07 Å². The van der Waals surface area contributed by atoms with Gasteiger partial charge in [-0.15, -0.1) is 0 Å². The summed E-state index contributed by atoms with van der Waals surface area (Å²) in [5.74, 6) is -0.299. The summed E-state index contributed by atoms with van der Waals surface area (Å²) in [4.78, 5) is 0. The number of hydrogen-bond acceptors (Lipinski definition) is 1. The van der Waals surface area contributed by atoms with Gasteiger partial charge in [0.05, 0.1) is 0 Å². The highest BCUT2D eigenvalue weighted by Gasteiger charge is 2.11. The van der Waals surface area contributed by atoms with E-state index >= 15 is 0 Å². The first-order chi connectivity index (χ1) is 8.95. The molecule has 2 rings (SSSR count). The average molecular weight is 278 g/mol. The van der Waals surface area contributed by atoms with Gasteiger partial charge in [0.25, 0.3) is 0 Å². The molecule has 2 N–H and O–H groups in total. The molecule has 0 aliphatic heterocycles. The van der Waals surface area contributed by atoms with E-state index < -0.39 is 0 Å². The molecule has 2 aromatic rings. The van der Waals surface area contributed by atoms with Crippen LogP contribution in [0.5, 0.6) is 0 Å². The number of hydrogen-bond donors (Lipinski definition) is 1. The SMILES string of the molecule is Cc1cc(C)cc(C(N)Cc2ccc(Cl)cc2F)c1. The minimum atomic E-state index is -0.299. The summed E-state index contributed by atoms with van der Waals surface area (Å²) in [6, 6.07) is 10.7. The Hall–Kier alpha value is -1.38. The summed E-state index contributed by atoms with van der Waals surface area (Å²) in [5, 5.41) is 0.404. The molecule has 0 spiro atoms. The maximum atomic E-state index is 13.7. The van der Waals surface area contributed by atoms with Crippen molar-refractivity contribution in [3.05, 3.63) is 69.5 Å². The smallest absolute Gasteiger partial charge is 0.127 e. The van der Waals surface area contributed by atoms with Gasteiger partial charge in [-0.1, -0.05) is 47.0 Å². The first-order valence-electron chi connectivity index (χ1n) is 6.23. The minimum absolute atomic E-state index is 0.214. The summed E-state index contributed by atoms with van der Waals surface area (Å²) < 4.78 is 13.7. The van der Waals surface area contributed by atoms with Crippen LogP contribution in [0.3, 0.4) is 0 Å². The number of benzene rings is 2. The van der Waals surface area contributed by atoms with Crippen molar-refractivity contribution < 1.29 is 4.39 Å². The third kappa shape index (κ3) is 3.55. The van der Waals surface area contributed by atoms with Crippen LogP contribution in [0.4, 0.5) is 4.39 Å². The van der Waals surface area contributed by atoms with Crippen LogP contribution in [-0.4, -0.2) is 0 Å². The van der Waals surface area contributed by atoms with E-state index in [1.165, 1.54) is 17.2 Å². The molecule has 0 heterocycles. The van der Waals surface area contributed by atoms with Gasteiger partial charge in [0.15, 0.2) is 0 Å². The molecule has 0 amide bonds. The Labute approximate surface area is 118 Å². The van der Waals surface area contributed by atoms with Gasteiger partial charge in [-0.05, 0) is 43.5 Å². The highest BCUT2D eigenvalue weighted by Crippen LogP contribution is 2.22. The molecule has 0 aromatic heterocycles. The Morgan fingerprint density at radius 3 is 2.32 bits per heavy atom. The third-order valence-electron chi connectivity index (χ3n) is 3.13. The first-order valence-corrected chi connectivity index (χ1v) is 6.61. The van der Waals surface area contributed by atoms with Crippen LogP contribution in [0.1, 0.15) is 28.3 Å². The van der Waals surface area contributed by atoms with E-state index in [-0.39, 0.29) is 11.9 Å². The Morgan fingerprint density at radius 1 is 1.11 bits per heavy atom. The van der Waals surface area contributed by atoms with Gasteiger partial charge >= 0.3 is 0 Å². The molecular weight excluding hydrogens is 261 g/mol.